The molecule has 202 valence electrons. The summed E-state index contributed by atoms with van der Waals surface area (Å²) in [7, 11) is -2.74. The molecule has 1 aliphatic heterocycles. The molecule has 1 unspecified atom stereocenters. The molecule has 2 aromatic rings. The van der Waals surface area contributed by atoms with Crippen molar-refractivity contribution >= 4 is 44.5 Å². The van der Waals surface area contributed by atoms with Gasteiger partial charge in [0.15, 0.2) is 0 Å². The molecule has 0 radical (unpaired) electrons. The third kappa shape index (κ3) is 6.68. The van der Waals surface area contributed by atoms with Gasteiger partial charge in [-0.2, -0.15) is 0 Å². The van der Waals surface area contributed by atoms with E-state index in [1.807, 2.05) is 19.9 Å². The minimum absolute atomic E-state index is 0.0742. The maximum Gasteiger partial charge on any atom is 0.411 e. The van der Waals surface area contributed by atoms with Gasteiger partial charge < -0.3 is 9.47 Å². The van der Waals surface area contributed by atoms with Gasteiger partial charge in [-0.05, 0) is 79.9 Å². The number of nitrogens with one attached hydrogen (secondary N) is 2. The number of hydrogen-bond acceptors (Lipinski definition) is 8. The molecule has 0 spiro atoms. The van der Waals surface area contributed by atoms with Crippen molar-refractivity contribution in [3.05, 3.63) is 53.6 Å². The lowest BCUT2D eigenvalue weighted by molar-refractivity contribution is -0.120. The quantitative estimate of drug-likeness (QED) is 0.307. The fourth-order valence-electron chi connectivity index (χ4n) is 3.70. The predicted molar refractivity (Wildman–Crippen MR) is 146 cm³/mol. The fourth-order valence-corrected chi connectivity index (χ4v) is 7.07. The first-order valence-electron chi connectivity index (χ1n) is 12.1. The van der Waals surface area contributed by atoms with E-state index in [2.05, 4.69) is 22.5 Å². The van der Waals surface area contributed by atoms with E-state index in [9.17, 15) is 22.8 Å². The molecule has 1 atom stereocenters. The molecule has 1 heterocycles. The van der Waals surface area contributed by atoms with Crippen molar-refractivity contribution in [2.75, 3.05) is 19.0 Å². The summed E-state index contributed by atoms with van der Waals surface area (Å²) in [5.41, 5.74) is 2.14. The molecule has 0 aromatic heterocycles. The molecule has 1 fully saturated rings. The Morgan fingerprint density at radius 1 is 1.13 bits per heavy atom. The molecule has 1 saturated heterocycles. The second-order valence-electron chi connectivity index (χ2n) is 8.58. The molecule has 3 rings (SSSR count). The summed E-state index contributed by atoms with van der Waals surface area (Å²) in [6.07, 6.45) is 1.63. The summed E-state index contributed by atoms with van der Waals surface area (Å²) in [5, 5.41) is 4.09. The Morgan fingerprint density at radius 2 is 1.87 bits per heavy atom. The van der Waals surface area contributed by atoms with Gasteiger partial charge in [0.2, 0.25) is 13.9 Å². The zero-order chi connectivity index (χ0) is 27.8. The number of methoxy groups -OCH3 is 1. The smallest absolute Gasteiger partial charge is 0.411 e. The van der Waals surface area contributed by atoms with E-state index in [1.54, 1.807) is 12.1 Å². The number of ether oxygens (including phenoxy) is 2. The first-order valence-corrected chi connectivity index (χ1v) is 14.4. The fraction of sp³-hybridized carbons (Fsp3) is 0.370. The number of imide groups is 1. The summed E-state index contributed by atoms with van der Waals surface area (Å²) in [4.78, 5) is 36.6. The highest BCUT2D eigenvalue weighted by molar-refractivity contribution is 8.25. The topological polar surface area (TPSA) is 128 Å². The molecule has 0 bridgehead atoms. The van der Waals surface area contributed by atoms with Crippen LogP contribution in [0.2, 0.25) is 0 Å². The van der Waals surface area contributed by atoms with E-state index in [0.717, 1.165) is 18.4 Å². The van der Waals surface area contributed by atoms with Crippen LogP contribution in [0.4, 0.5) is 15.3 Å². The van der Waals surface area contributed by atoms with E-state index in [0.29, 0.717) is 35.4 Å². The Kier molecular flexibility index (Phi) is 9.83. The summed E-state index contributed by atoms with van der Waals surface area (Å²) >= 11 is 0.485. The van der Waals surface area contributed by atoms with Gasteiger partial charge in [-0.25, -0.2) is 13.2 Å². The monoisotopic (exact) mass is 558 g/mol. The van der Waals surface area contributed by atoms with Crippen LogP contribution in [-0.2, 0) is 19.4 Å². The number of thioether (sulfide) groups is 1. The summed E-state index contributed by atoms with van der Waals surface area (Å²) in [6.45, 7) is 4.24. The molecule has 0 saturated carbocycles. The number of aryl methyl sites for hydroxylation is 1. The van der Waals surface area contributed by atoms with Gasteiger partial charge in [0, 0.05) is 17.7 Å². The minimum atomic E-state index is -4.20. The number of amides is 3. The summed E-state index contributed by atoms with van der Waals surface area (Å²) < 4.78 is 35.2. The van der Waals surface area contributed by atoms with Gasteiger partial charge >= 0.3 is 6.09 Å². The van der Waals surface area contributed by atoms with Crippen molar-refractivity contribution in [1.82, 2.24) is 5.32 Å². The standard InChI is InChI=1S/C27H30N2O7S2/c1-4-5-17-36-25(31)28-21-11-10-19(2)20(18-21)9-7-6-8-16-27(24(30)29-26(32)37-27)38(33,34)23-14-12-22(35-3)13-15-23/h10-15,18H,4-6,8,16-17H2,1-3H3,(H,28,31)(H,29,30,32). The van der Waals surface area contributed by atoms with E-state index in [-0.39, 0.29) is 24.2 Å². The van der Waals surface area contributed by atoms with Gasteiger partial charge in [-0.15, -0.1) is 0 Å². The molecular weight excluding hydrogens is 528 g/mol. The summed E-state index contributed by atoms with van der Waals surface area (Å²) in [5.74, 6) is 5.67. The van der Waals surface area contributed by atoms with Crippen LogP contribution in [0, 0.1) is 18.8 Å². The lowest BCUT2D eigenvalue weighted by atomic mass is 10.1. The molecule has 38 heavy (non-hydrogen) atoms. The normalized spacial score (nSPS) is 16.8. The third-order valence-corrected chi connectivity index (χ3v) is 9.93. The first kappa shape index (κ1) is 29.1. The Morgan fingerprint density at radius 3 is 2.50 bits per heavy atom. The van der Waals surface area contributed by atoms with E-state index < -0.39 is 31.2 Å². The lowest BCUT2D eigenvalue weighted by Gasteiger charge is -2.24. The number of unbranched alkanes of at least 4 members (excludes halogenated alkanes) is 2. The van der Waals surface area contributed by atoms with Gasteiger partial charge in [-0.1, -0.05) is 31.3 Å². The number of benzene rings is 2. The van der Waals surface area contributed by atoms with Crippen molar-refractivity contribution < 1.29 is 32.3 Å². The number of anilines is 1. The van der Waals surface area contributed by atoms with Gasteiger partial charge in [0.25, 0.3) is 11.1 Å². The van der Waals surface area contributed by atoms with Crippen molar-refractivity contribution in [1.29, 1.82) is 0 Å². The average molecular weight is 559 g/mol. The van der Waals surface area contributed by atoms with Crippen molar-refractivity contribution in [2.45, 2.75) is 54.9 Å². The maximum absolute atomic E-state index is 13.5. The van der Waals surface area contributed by atoms with Crippen molar-refractivity contribution in [3.63, 3.8) is 0 Å². The Labute approximate surface area is 227 Å². The Hall–Kier alpha value is -3.49. The number of hydrogen-bond donors (Lipinski definition) is 2. The first-order chi connectivity index (χ1) is 18.1. The van der Waals surface area contributed by atoms with Crippen LogP contribution in [0.3, 0.4) is 0 Å². The van der Waals surface area contributed by atoms with Crippen LogP contribution in [-0.4, -0.2) is 43.5 Å². The zero-order valence-electron chi connectivity index (χ0n) is 21.5. The van der Waals surface area contributed by atoms with E-state index >= 15 is 0 Å². The second kappa shape index (κ2) is 12.8. The van der Waals surface area contributed by atoms with Crippen LogP contribution in [0.15, 0.2) is 47.4 Å². The summed E-state index contributed by atoms with van der Waals surface area (Å²) in [6, 6.07) is 11.0. The van der Waals surface area contributed by atoms with Gasteiger partial charge in [0.1, 0.15) is 5.75 Å². The predicted octanol–water partition coefficient (Wildman–Crippen LogP) is 5.03. The molecule has 11 heteroatoms. The van der Waals surface area contributed by atoms with Crippen molar-refractivity contribution in [3.8, 4) is 17.6 Å². The molecule has 0 aliphatic carbocycles. The molecular formula is C27H30N2O7S2. The highest BCUT2D eigenvalue weighted by Crippen LogP contribution is 2.44. The van der Waals surface area contributed by atoms with Crippen LogP contribution < -0.4 is 15.4 Å². The maximum atomic E-state index is 13.5. The zero-order valence-corrected chi connectivity index (χ0v) is 23.1. The molecule has 2 N–H and O–H groups in total. The number of rotatable bonds is 10. The van der Waals surface area contributed by atoms with Crippen molar-refractivity contribution in [2.24, 2.45) is 0 Å². The Bertz CT molecular complexity index is 1360. The lowest BCUT2D eigenvalue weighted by Crippen LogP contribution is -2.43. The highest BCUT2D eigenvalue weighted by Gasteiger charge is 2.57. The molecule has 2 aromatic carbocycles. The number of sulfone groups is 1. The SMILES string of the molecule is CCCCOC(=O)Nc1ccc(C)c(C#CCCCC2(S(=O)(=O)c3ccc(OC)cc3)SC(=O)NC2=O)c1. The van der Waals surface area contributed by atoms with Crippen LogP contribution in [0.5, 0.6) is 5.75 Å². The third-order valence-electron chi connectivity index (χ3n) is 5.87. The highest BCUT2D eigenvalue weighted by atomic mass is 32.3. The number of carbonyl (C=O) groups is 3. The van der Waals surface area contributed by atoms with E-state index in [4.69, 9.17) is 9.47 Å². The molecule has 9 nitrogen and oxygen atoms in total. The number of carbonyl (C=O) groups excluding carboxylic acids is 3. The van der Waals surface area contributed by atoms with Crippen LogP contribution in [0.25, 0.3) is 0 Å². The average Bonchev–Trinajstić information content (AvgIpc) is 3.19. The molecule has 3 amide bonds. The second-order valence-corrected chi connectivity index (χ2v) is 12.3. The molecule has 1 aliphatic rings. The largest absolute Gasteiger partial charge is 0.497 e. The Balaban J connectivity index is 1.71. The van der Waals surface area contributed by atoms with Crippen LogP contribution in [0.1, 0.15) is 50.2 Å². The minimum Gasteiger partial charge on any atom is -0.497 e. The van der Waals surface area contributed by atoms with E-state index in [1.165, 1.54) is 31.4 Å². The van der Waals surface area contributed by atoms with Gasteiger partial charge in [-0.3, -0.25) is 20.2 Å². The van der Waals surface area contributed by atoms with Gasteiger partial charge in [0.05, 0.1) is 18.6 Å². The van der Waals surface area contributed by atoms with Crippen LogP contribution >= 0.6 is 11.8 Å².